The van der Waals surface area contributed by atoms with Gasteiger partial charge in [0.25, 0.3) is 0 Å². The van der Waals surface area contributed by atoms with Gasteiger partial charge < -0.3 is 5.73 Å². The van der Waals surface area contributed by atoms with E-state index in [4.69, 9.17) is 5.73 Å². The zero-order chi connectivity index (χ0) is 12.6. The SMILES string of the molecule is Cc1cc(-c2nnnn2C)cc(C(N)=O)c1C. The minimum Gasteiger partial charge on any atom is -0.366 e. The fraction of sp³-hybridized carbons (Fsp3) is 0.273. The van der Waals surface area contributed by atoms with Crippen molar-refractivity contribution in [3.8, 4) is 11.4 Å². The Hall–Kier alpha value is -2.24. The number of aryl methyl sites for hydroxylation is 2. The topological polar surface area (TPSA) is 86.7 Å². The first-order chi connectivity index (χ1) is 8.00. The standard InChI is InChI=1S/C11H13N5O/c1-6-4-8(11-13-14-15-16(11)3)5-9(7(6)2)10(12)17/h4-5H,1-3H3,(H2,12,17). The molecule has 17 heavy (non-hydrogen) atoms. The summed E-state index contributed by atoms with van der Waals surface area (Å²) in [6, 6.07) is 3.66. The molecule has 1 aromatic heterocycles. The van der Waals surface area contributed by atoms with Crippen LogP contribution < -0.4 is 5.73 Å². The van der Waals surface area contributed by atoms with Crippen LogP contribution in [-0.4, -0.2) is 26.1 Å². The van der Waals surface area contributed by atoms with Gasteiger partial charge in [-0.3, -0.25) is 4.79 Å². The Morgan fingerprint density at radius 3 is 2.59 bits per heavy atom. The third kappa shape index (κ3) is 1.89. The number of aromatic nitrogens is 4. The lowest BCUT2D eigenvalue weighted by atomic mass is 9.99. The van der Waals surface area contributed by atoms with Gasteiger partial charge in [-0.05, 0) is 47.5 Å². The van der Waals surface area contributed by atoms with Gasteiger partial charge in [0.15, 0.2) is 5.82 Å². The van der Waals surface area contributed by atoms with E-state index < -0.39 is 5.91 Å². The molecular formula is C11H13N5O. The number of tetrazole rings is 1. The number of nitrogens with zero attached hydrogens (tertiary/aromatic N) is 4. The van der Waals surface area contributed by atoms with Crippen LogP contribution in [0.15, 0.2) is 12.1 Å². The summed E-state index contributed by atoms with van der Waals surface area (Å²) in [4.78, 5) is 11.3. The number of rotatable bonds is 2. The molecule has 6 nitrogen and oxygen atoms in total. The highest BCUT2D eigenvalue weighted by Gasteiger charge is 2.13. The number of benzene rings is 1. The van der Waals surface area contributed by atoms with E-state index in [1.807, 2.05) is 19.9 Å². The summed E-state index contributed by atoms with van der Waals surface area (Å²) < 4.78 is 1.55. The number of carbonyl (C=O) groups excluding carboxylic acids is 1. The van der Waals surface area contributed by atoms with E-state index in [-0.39, 0.29) is 0 Å². The van der Waals surface area contributed by atoms with Gasteiger partial charge in [-0.1, -0.05) is 0 Å². The fourth-order valence-corrected chi connectivity index (χ4v) is 1.72. The zero-order valence-corrected chi connectivity index (χ0v) is 9.93. The molecular weight excluding hydrogens is 218 g/mol. The maximum atomic E-state index is 11.3. The maximum Gasteiger partial charge on any atom is 0.248 e. The minimum atomic E-state index is -0.442. The number of carbonyl (C=O) groups is 1. The van der Waals surface area contributed by atoms with Crippen molar-refractivity contribution >= 4 is 5.91 Å². The van der Waals surface area contributed by atoms with E-state index in [9.17, 15) is 4.79 Å². The molecule has 2 aromatic rings. The Bertz CT molecular complexity index is 588. The number of nitrogens with two attached hydrogens (primary N) is 1. The predicted octanol–water partition coefficient (Wildman–Crippen LogP) is 0.593. The van der Waals surface area contributed by atoms with Gasteiger partial charge in [-0.25, -0.2) is 4.68 Å². The molecule has 0 saturated heterocycles. The highest BCUT2D eigenvalue weighted by molar-refractivity contribution is 5.95. The van der Waals surface area contributed by atoms with Gasteiger partial charge in [0.2, 0.25) is 5.91 Å². The van der Waals surface area contributed by atoms with E-state index >= 15 is 0 Å². The number of primary amides is 1. The average molecular weight is 231 g/mol. The highest BCUT2D eigenvalue weighted by Crippen LogP contribution is 2.22. The molecule has 0 unspecified atom stereocenters. The summed E-state index contributed by atoms with van der Waals surface area (Å²) in [5.74, 6) is 0.165. The van der Waals surface area contributed by atoms with Crippen LogP contribution in [0.5, 0.6) is 0 Å². The monoisotopic (exact) mass is 231 g/mol. The van der Waals surface area contributed by atoms with Crippen molar-refractivity contribution in [1.29, 1.82) is 0 Å². The summed E-state index contributed by atoms with van der Waals surface area (Å²) >= 11 is 0. The van der Waals surface area contributed by atoms with Gasteiger partial charge in [0, 0.05) is 18.2 Å². The van der Waals surface area contributed by atoms with Crippen LogP contribution in [0.3, 0.4) is 0 Å². The van der Waals surface area contributed by atoms with E-state index in [0.29, 0.717) is 11.4 Å². The minimum absolute atomic E-state index is 0.442. The van der Waals surface area contributed by atoms with Crippen molar-refractivity contribution in [2.75, 3.05) is 0 Å². The molecule has 0 fully saturated rings. The molecule has 0 spiro atoms. The molecule has 1 amide bonds. The van der Waals surface area contributed by atoms with Gasteiger partial charge in [-0.2, -0.15) is 0 Å². The first kappa shape index (κ1) is 11.3. The van der Waals surface area contributed by atoms with E-state index in [0.717, 1.165) is 16.7 Å². The Kier molecular flexibility index (Phi) is 2.63. The summed E-state index contributed by atoms with van der Waals surface area (Å²) in [6.45, 7) is 3.79. The van der Waals surface area contributed by atoms with Crippen molar-refractivity contribution in [3.63, 3.8) is 0 Å². The summed E-state index contributed by atoms with van der Waals surface area (Å²) in [5, 5.41) is 11.2. The first-order valence-electron chi connectivity index (χ1n) is 5.14. The lowest BCUT2D eigenvalue weighted by Gasteiger charge is -2.08. The van der Waals surface area contributed by atoms with E-state index in [1.165, 1.54) is 0 Å². The van der Waals surface area contributed by atoms with Crippen LogP contribution in [0, 0.1) is 13.8 Å². The molecule has 1 heterocycles. The molecule has 2 N–H and O–H groups in total. The van der Waals surface area contributed by atoms with Crippen LogP contribution in [0.2, 0.25) is 0 Å². The van der Waals surface area contributed by atoms with Crippen LogP contribution >= 0.6 is 0 Å². The third-order valence-corrected chi connectivity index (χ3v) is 2.81. The predicted molar refractivity (Wildman–Crippen MR) is 62.2 cm³/mol. The quantitative estimate of drug-likeness (QED) is 0.819. The summed E-state index contributed by atoms with van der Waals surface area (Å²) in [6.07, 6.45) is 0. The van der Waals surface area contributed by atoms with Gasteiger partial charge in [0.05, 0.1) is 0 Å². The van der Waals surface area contributed by atoms with Gasteiger partial charge in [-0.15, -0.1) is 5.10 Å². The van der Waals surface area contributed by atoms with E-state index in [1.54, 1.807) is 17.8 Å². The summed E-state index contributed by atoms with van der Waals surface area (Å²) in [7, 11) is 1.74. The van der Waals surface area contributed by atoms with Crippen LogP contribution in [0.25, 0.3) is 11.4 Å². The average Bonchev–Trinajstić information content (AvgIpc) is 2.68. The van der Waals surface area contributed by atoms with Crippen LogP contribution in [0.4, 0.5) is 0 Å². The highest BCUT2D eigenvalue weighted by atomic mass is 16.1. The molecule has 0 aliphatic heterocycles. The molecule has 6 heteroatoms. The molecule has 0 aliphatic carbocycles. The van der Waals surface area contributed by atoms with Crippen molar-refractivity contribution in [1.82, 2.24) is 20.2 Å². The molecule has 0 atom stereocenters. The smallest absolute Gasteiger partial charge is 0.248 e. The Morgan fingerprint density at radius 2 is 2.06 bits per heavy atom. The maximum absolute atomic E-state index is 11.3. The third-order valence-electron chi connectivity index (χ3n) is 2.81. The second kappa shape index (κ2) is 3.97. The van der Waals surface area contributed by atoms with Crippen LogP contribution in [0.1, 0.15) is 21.5 Å². The second-order valence-electron chi connectivity index (χ2n) is 3.96. The normalized spacial score (nSPS) is 10.5. The molecule has 2 rings (SSSR count). The van der Waals surface area contributed by atoms with E-state index in [2.05, 4.69) is 15.5 Å². The summed E-state index contributed by atoms with van der Waals surface area (Å²) in [5.41, 5.74) is 8.51. The molecule has 1 aromatic carbocycles. The van der Waals surface area contributed by atoms with Crippen molar-refractivity contribution in [3.05, 3.63) is 28.8 Å². The molecule has 88 valence electrons. The Morgan fingerprint density at radius 1 is 1.35 bits per heavy atom. The lowest BCUT2D eigenvalue weighted by Crippen LogP contribution is -2.13. The number of amides is 1. The van der Waals surface area contributed by atoms with Gasteiger partial charge >= 0.3 is 0 Å². The van der Waals surface area contributed by atoms with Gasteiger partial charge in [0.1, 0.15) is 0 Å². The molecule has 0 saturated carbocycles. The largest absolute Gasteiger partial charge is 0.366 e. The second-order valence-corrected chi connectivity index (χ2v) is 3.96. The van der Waals surface area contributed by atoms with Crippen molar-refractivity contribution < 1.29 is 4.79 Å². The van der Waals surface area contributed by atoms with Crippen molar-refractivity contribution in [2.24, 2.45) is 12.8 Å². The van der Waals surface area contributed by atoms with Crippen molar-refractivity contribution in [2.45, 2.75) is 13.8 Å². The number of hydrogen-bond acceptors (Lipinski definition) is 4. The number of hydrogen-bond donors (Lipinski definition) is 1. The molecule has 0 aliphatic rings. The fourth-order valence-electron chi connectivity index (χ4n) is 1.72. The lowest BCUT2D eigenvalue weighted by molar-refractivity contribution is 0.0999. The zero-order valence-electron chi connectivity index (χ0n) is 9.93. The molecule has 0 bridgehead atoms. The van der Waals surface area contributed by atoms with Crippen LogP contribution in [-0.2, 0) is 7.05 Å². The Labute approximate surface area is 98.4 Å². The molecule has 0 radical (unpaired) electrons. The first-order valence-corrected chi connectivity index (χ1v) is 5.14. The Balaban J connectivity index is 2.65.